The average molecular weight is 528 g/mol. The second kappa shape index (κ2) is 10.1. The molecule has 0 amide bonds. The van der Waals surface area contributed by atoms with Crippen LogP contribution in [0.25, 0.3) is 0 Å². The van der Waals surface area contributed by atoms with Crippen LogP contribution in [-0.2, 0) is 20.8 Å². The highest BCUT2D eigenvalue weighted by Gasteiger charge is 2.48. The summed E-state index contributed by atoms with van der Waals surface area (Å²) in [5, 5.41) is 8.96. The highest BCUT2D eigenvalue weighted by atomic mass is 16.5. The highest BCUT2D eigenvalue weighted by molar-refractivity contribution is 6.06. The van der Waals surface area contributed by atoms with Crippen LogP contribution >= 0.6 is 0 Å². The van der Waals surface area contributed by atoms with E-state index in [0.29, 0.717) is 25.1 Å². The third-order valence-corrected chi connectivity index (χ3v) is 8.06. The number of benzene rings is 2. The molecule has 0 fully saturated rings. The Morgan fingerprint density at radius 3 is 1.90 bits per heavy atom. The fourth-order valence-corrected chi connectivity index (χ4v) is 6.44. The van der Waals surface area contributed by atoms with Crippen LogP contribution in [0, 0.1) is 10.8 Å². The van der Waals surface area contributed by atoms with Gasteiger partial charge in [0, 0.05) is 47.8 Å². The number of ether oxygens (including phenoxy) is 1. The van der Waals surface area contributed by atoms with Crippen molar-refractivity contribution in [2.45, 2.75) is 65.7 Å². The molecular weight excluding hydrogens is 490 g/mol. The Kier molecular flexibility index (Phi) is 7.00. The smallest absolute Gasteiger partial charge is 0.341 e. The number of hydrogen-bond acceptors (Lipinski definition) is 5. The first-order valence-corrected chi connectivity index (χ1v) is 13.7. The third kappa shape index (κ3) is 5.56. The van der Waals surface area contributed by atoms with Crippen LogP contribution in [-0.4, -0.2) is 40.7 Å². The zero-order valence-electron chi connectivity index (χ0n) is 23.3. The van der Waals surface area contributed by atoms with E-state index in [-0.39, 0.29) is 22.4 Å². The first kappa shape index (κ1) is 26.9. The third-order valence-electron chi connectivity index (χ3n) is 8.06. The van der Waals surface area contributed by atoms with E-state index in [1.165, 1.54) is 5.56 Å². The monoisotopic (exact) mass is 527 g/mol. The van der Waals surface area contributed by atoms with Crippen LogP contribution in [0.5, 0.6) is 5.75 Å². The zero-order valence-corrected chi connectivity index (χ0v) is 23.3. The van der Waals surface area contributed by atoms with Gasteiger partial charge >= 0.3 is 5.97 Å². The number of aliphatic carboxylic acids is 1. The molecule has 2 aromatic carbocycles. The topological polar surface area (TPSA) is 83.9 Å². The zero-order chi connectivity index (χ0) is 27.9. The number of allylic oxidation sites excluding steroid dienone is 4. The van der Waals surface area contributed by atoms with Crippen molar-refractivity contribution < 1.29 is 24.2 Å². The number of hydrogen-bond donors (Lipinski definition) is 1. The molecule has 204 valence electrons. The quantitative estimate of drug-likeness (QED) is 0.470. The number of carboxylic acids is 1. The average Bonchev–Trinajstić information content (AvgIpc) is 2.85. The lowest BCUT2D eigenvalue weighted by Gasteiger charge is -2.49. The summed E-state index contributed by atoms with van der Waals surface area (Å²) in [6.45, 7) is 8.87. The highest BCUT2D eigenvalue weighted by Crippen LogP contribution is 2.54. The molecule has 5 rings (SSSR count). The van der Waals surface area contributed by atoms with Crippen LogP contribution < -0.4 is 4.74 Å². The fraction of sp³-hybridized carbons (Fsp3) is 0.424. The molecule has 0 bridgehead atoms. The Balaban J connectivity index is 1.63. The van der Waals surface area contributed by atoms with Crippen LogP contribution in [0.3, 0.4) is 0 Å². The molecule has 6 nitrogen and oxygen atoms in total. The van der Waals surface area contributed by atoms with Crippen LogP contribution in [0.1, 0.15) is 70.4 Å². The van der Waals surface area contributed by atoms with Crippen molar-refractivity contribution >= 4 is 17.5 Å². The Morgan fingerprint density at radius 2 is 1.38 bits per heavy atom. The maximum Gasteiger partial charge on any atom is 0.341 e. The van der Waals surface area contributed by atoms with Crippen molar-refractivity contribution in [2.24, 2.45) is 10.8 Å². The number of ketones is 2. The number of Topliss-reactive ketones (excluding diaryl/α,β-unsaturated/α-hetero) is 2. The van der Waals surface area contributed by atoms with E-state index in [1.807, 2.05) is 30.3 Å². The summed E-state index contributed by atoms with van der Waals surface area (Å²) in [6.07, 6.45) is 3.24. The van der Waals surface area contributed by atoms with Crippen LogP contribution in [0.4, 0.5) is 0 Å². The summed E-state index contributed by atoms with van der Waals surface area (Å²) in [4.78, 5) is 41.0. The van der Waals surface area contributed by atoms with Gasteiger partial charge in [-0.3, -0.25) is 9.59 Å². The predicted molar refractivity (Wildman–Crippen MR) is 149 cm³/mol. The van der Waals surface area contributed by atoms with Gasteiger partial charge in [-0.25, -0.2) is 4.79 Å². The van der Waals surface area contributed by atoms with Gasteiger partial charge in [0.05, 0.1) is 0 Å². The Morgan fingerprint density at radius 1 is 0.846 bits per heavy atom. The summed E-state index contributed by atoms with van der Waals surface area (Å²) in [5.41, 5.74) is 5.32. The number of carboxylic acid groups (broad SMARTS) is 1. The second-order valence-electron chi connectivity index (χ2n) is 12.7. The van der Waals surface area contributed by atoms with Crippen molar-refractivity contribution in [2.75, 3.05) is 13.2 Å². The Hall–Kier alpha value is -3.67. The summed E-state index contributed by atoms with van der Waals surface area (Å²) in [6, 6.07) is 17.5. The van der Waals surface area contributed by atoms with Crippen molar-refractivity contribution in [3.63, 3.8) is 0 Å². The molecule has 0 unspecified atom stereocenters. The van der Waals surface area contributed by atoms with Crippen molar-refractivity contribution in [1.29, 1.82) is 0 Å². The molecule has 0 radical (unpaired) electrons. The molecule has 1 heterocycles. The van der Waals surface area contributed by atoms with Gasteiger partial charge < -0.3 is 14.7 Å². The lowest BCUT2D eigenvalue weighted by Crippen LogP contribution is -2.45. The minimum absolute atomic E-state index is 0.103. The molecule has 1 N–H and O–H groups in total. The van der Waals surface area contributed by atoms with Gasteiger partial charge in [0.25, 0.3) is 0 Å². The maximum atomic E-state index is 13.9. The Labute approximate surface area is 230 Å². The van der Waals surface area contributed by atoms with Crippen LogP contribution in [0.2, 0.25) is 0 Å². The molecule has 1 aliphatic heterocycles. The van der Waals surface area contributed by atoms with Crippen LogP contribution in [0.15, 0.2) is 77.1 Å². The van der Waals surface area contributed by atoms with E-state index in [1.54, 1.807) is 12.1 Å². The first-order chi connectivity index (χ1) is 18.4. The van der Waals surface area contributed by atoms with E-state index < -0.39 is 18.5 Å². The minimum atomic E-state index is -1.04. The lowest BCUT2D eigenvalue weighted by molar-refractivity contribution is -0.139. The minimum Gasteiger partial charge on any atom is -0.482 e. The van der Waals surface area contributed by atoms with Gasteiger partial charge in [0.1, 0.15) is 5.75 Å². The summed E-state index contributed by atoms with van der Waals surface area (Å²) < 4.78 is 5.35. The van der Waals surface area contributed by atoms with E-state index in [2.05, 4.69) is 44.7 Å². The first-order valence-electron chi connectivity index (χ1n) is 13.7. The molecule has 0 spiro atoms. The lowest BCUT2D eigenvalue weighted by atomic mass is 9.63. The molecule has 3 aliphatic rings. The number of rotatable bonds is 7. The van der Waals surface area contributed by atoms with E-state index in [9.17, 15) is 14.4 Å². The van der Waals surface area contributed by atoms with Gasteiger partial charge in [-0.05, 0) is 53.4 Å². The summed E-state index contributed by atoms with van der Waals surface area (Å²) in [7, 11) is 0. The molecule has 0 atom stereocenters. The fourth-order valence-electron chi connectivity index (χ4n) is 6.44. The van der Waals surface area contributed by atoms with Gasteiger partial charge in [0.15, 0.2) is 18.2 Å². The van der Waals surface area contributed by atoms with Gasteiger partial charge in [0.2, 0.25) is 0 Å². The molecule has 0 aromatic heterocycles. The van der Waals surface area contributed by atoms with Crippen molar-refractivity contribution in [3.8, 4) is 5.75 Å². The normalized spacial score (nSPS) is 20.6. The molecular formula is C33H37NO5. The van der Waals surface area contributed by atoms with Gasteiger partial charge in [-0.15, -0.1) is 0 Å². The van der Waals surface area contributed by atoms with Crippen molar-refractivity contribution in [1.82, 2.24) is 4.90 Å². The molecule has 0 saturated heterocycles. The van der Waals surface area contributed by atoms with Gasteiger partial charge in [-0.2, -0.15) is 0 Å². The largest absolute Gasteiger partial charge is 0.482 e. The summed E-state index contributed by atoms with van der Waals surface area (Å²) in [5.74, 6) is -0.823. The standard InChI is InChI=1S/C33H37NO5/c1-32(2)16-24-30(26(35)18-32)29(22-10-12-23(13-11-22)39-20-28(37)38)31-25(17-33(3,4)19-27(31)36)34(24)15-14-21-8-6-5-7-9-21/h5-13,29H,14-20H2,1-4H3,(H,37,38). The molecule has 2 aromatic rings. The predicted octanol–water partition coefficient (Wildman–Crippen LogP) is 6.08. The second-order valence-corrected chi connectivity index (χ2v) is 12.7. The van der Waals surface area contributed by atoms with Gasteiger partial charge in [-0.1, -0.05) is 70.2 Å². The molecule has 6 heteroatoms. The van der Waals surface area contributed by atoms with E-state index in [0.717, 1.165) is 47.4 Å². The molecule has 0 saturated carbocycles. The molecule has 2 aliphatic carbocycles. The van der Waals surface area contributed by atoms with E-state index in [4.69, 9.17) is 9.84 Å². The van der Waals surface area contributed by atoms with Crippen molar-refractivity contribution in [3.05, 3.63) is 88.3 Å². The number of carbonyl (C=O) groups excluding carboxylic acids is 2. The number of carbonyl (C=O) groups is 3. The van der Waals surface area contributed by atoms with E-state index >= 15 is 0 Å². The number of nitrogens with zero attached hydrogens (tertiary/aromatic N) is 1. The maximum absolute atomic E-state index is 13.9. The molecule has 39 heavy (non-hydrogen) atoms. The summed E-state index contributed by atoms with van der Waals surface area (Å²) >= 11 is 0. The SMILES string of the molecule is CC1(C)CC(=O)C2=C(C1)N(CCc1ccccc1)C1=C(C(=O)CC(C)(C)C1)C2c1ccc(OCC(=O)O)cc1. The Bertz CT molecular complexity index is 1310.